The molecule has 22 heavy (non-hydrogen) atoms. The van der Waals surface area contributed by atoms with Crippen molar-refractivity contribution in [2.24, 2.45) is 4.99 Å². The zero-order valence-corrected chi connectivity index (χ0v) is 14.0. The van der Waals surface area contributed by atoms with Crippen molar-refractivity contribution in [1.29, 1.82) is 0 Å². The number of thiophene rings is 1. The first-order chi connectivity index (χ1) is 10.8. The second-order valence-corrected chi connectivity index (χ2v) is 6.90. The van der Waals surface area contributed by atoms with Gasteiger partial charge in [0.05, 0.1) is 6.54 Å². The van der Waals surface area contributed by atoms with Crippen molar-refractivity contribution in [3.8, 4) is 0 Å². The van der Waals surface area contributed by atoms with Gasteiger partial charge in [0, 0.05) is 28.8 Å². The molecule has 0 radical (unpaired) electrons. The van der Waals surface area contributed by atoms with Crippen LogP contribution in [0.15, 0.2) is 47.5 Å². The zero-order valence-electron chi connectivity index (χ0n) is 13.2. The van der Waals surface area contributed by atoms with Crippen LogP contribution in [-0.2, 0) is 13.0 Å². The average Bonchev–Trinajstić information content (AvgIpc) is 3.18. The van der Waals surface area contributed by atoms with Crippen molar-refractivity contribution in [1.82, 2.24) is 10.6 Å². The van der Waals surface area contributed by atoms with Gasteiger partial charge in [-0.1, -0.05) is 37.3 Å². The molecule has 1 aliphatic carbocycles. The topological polar surface area (TPSA) is 36.4 Å². The quantitative estimate of drug-likeness (QED) is 0.654. The molecule has 116 valence electrons. The smallest absolute Gasteiger partial charge is 0.191 e. The van der Waals surface area contributed by atoms with Gasteiger partial charge in [0.15, 0.2) is 5.96 Å². The molecule has 2 atom stereocenters. The van der Waals surface area contributed by atoms with Gasteiger partial charge < -0.3 is 10.6 Å². The highest BCUT2D eigenvalue weighted by Crippen LogP contribution is 2.40. The van der Waals surface area contributed by atoms with Crippen molar-refractivity contribution >= 4 is 17.3 Å². The van der Waals surface area contributed by atoms with Crippen molar-refractivity contribution in [3.05, 3.63) is 57.8 Å². The highest BCUT2D eigenvalue weighted by molar-refractivity contribution is 7.11. The molecule has 0 saturated heterocycles. The Labute approximate surface area is 136 Å². The summed E-state index contributed by atoms with van der Waals surface area (Å²) < 4.78 is 0. The number of nitrogens with zero attached hydrogens (tertiary/aromatic N) is 1. The minimum atomic E-state index is 0.503. The molecule has 2 unspecified atom stereocenters. The van der Waals surface area contributed by atoms with E-state index in [0.29, 0.717) is 12.0 Å². The number of aryl methyl sites for hydroxylation is 1. The highest BCUT2D eigenvalue weighted by Gasteiger charge is 2.38. The summed E-state index contributed by atoms with van der Waals surface area (Å²) in [6, 6.07) is 15.6. The first kappa shape index (κ1) is 15.1. The van der Waals surface area contributed by atoms with Crippen LogP contribution in [0.3, 0.4) is 0 Å². The van der Waals surface area contributed by atoms with Crippen LogP contribution in [0.2, 0.25) is 0 Å². The van der Waals surface area contributed by atoms with E-state index in [1.54, 1.807) is 0 Å². The average molecular weight is 313 g/mol. The van der Waals surface area contributed by atoms with Crippen LogP contribution >= 0.6 is 11.3 Å². The van der Waals surface area contributed by atoms with Crippen LogP contribution in [-0.4, -0.2) is 19.0 Å². The second-order valence-electron chi connectivity index (χ2n) is 5.65. The number of rotatable bonds is 5. The molecule has 1 aromatic heterocycles. The van der Waals surface area contributed by atoms with Crippen LogP contribution in [0.25, 0.3) is 0 Å². The maximum absolute atomic E-state index is 4.34. The Morgan fingerprint density at radius 1 is 1.18 bits per heavy atom. The van der Waals surface area contributed by atoms with Gasteiger partial charge in [-0.3, -0.25) is 4.99 Å². The van der Waals surface area contributed by atoms with Crippen LogP contribution in [0.4, 0.5) is 0 Å². The van der Waals surface area contributed by atoms with E-state index < -0.39 is 0 Å². The normalized spacial score (nSPS) is 20.7. The van der Waals surface area contributed by atoms with Crippen LogP contribution in [0.1, 0.15) is 34.6 Å². The number of guanidine groups is 1. The van der Waals surface area contributed by atoms with Crippen LogP contribution < -0.4 is 10.6 Å². The van der Waals surface area contributed by atoms with E-state index in [0.717, 1.165) is 18.9 Å². The maximum Gasteiger partial charge on any atom is 0.191 e. The largest absolute Gasteiger partial charge is 0.353 e. The number of nitrogens with one attached hydrogen (secondary N) is 2. The standard InChI is InChI=1S/C18H23N3S/c1-3-14-9-10-15(22-14)12-20-18(19-2)21-17-11-16(17)13-7-5-4-6-8-13/h4-10,16-17H,3,11-12H2,1-2H3,(H2,19,20,21). The van der Waals surface area contributed by atoms with Crippen molar-refractivity contribution in [3.63, 3.8) is 0 Å². The number of benzene rings is 1. The summed E-state index contributed by atoms with van der Waals surface area (Å²) in [5.74, 6) is 1.52. The Morgan fingerprint density at radius 2 is 1.95 bits per heavy atom. The predicted molar refractivity (Wildman–Crippen MR) is 94.6 cm³/mol. The molecule has 0 aliphatic heterocycles. The van der Waals surface area contributed by atoms with E-state index in [-0.39, 0.29) is 0 Å². The molecule has 2 aromatic rings. The van der Waals surface area contributed by atoms with Gasteiger partial charge in [-0.2, -0.15) is 0 Å². The van der Waals surface area contributed by atoms with Crippen LogP contribution in [0.5, 0.6) is 0 Å². The summed E-state index contributed by atoms with van der Waals surface area (Å²) in [6.45, 7) is 3.04. The lowest BCUT2D eigenvalue weighted by Gasteiger charge is -2.11. The summed E-state index contributed by atoms with van der Waals surface area (Å²) in [5, 5.41) is 6.94. The number of aliphatic imine (C=N–C) groups is 1. The van der Waals surface area contributed by atoms with Gasteiger partial charge in [0.2, 0.25) is 0 Å². The summed E-state index contributed by atoms with van der Waals surface area (Å²) in [6.07, 6.45) is 2.29. The molecule has 3 rings (SSSR count). The summed E-state index contributed by atoms with van der Waals surface area (Å²) in [4.78, 5) is 7.13. The first-order valence-electron chi connectivity index (χ1n) is 7.90. The van der Waals surface area contributed by atoms with E-state index in [9.17, 15) is 0 Å². The second kappa shape index (κ2) is 6.97. The molecule has 4 heteroatoms. The monoisotopic (exact) mass is 313 g/mol. The lowest BCUT2D eigenvalue weighted by atomic mass is 10.1. The Hall–Kier alpha value is -1.81. The molecule has 0 amide bonds. The molecule has 3 nitrogen and oxygen atoms in total. The molecule has 1 saturated carbocycles. The Kier molecular flexibility index (Phi) is 4.78. The molecule has 0 bridgehead atoms. The minimum Gasteiger partial charge on any atom is -0.353 e. The highest BCUT2D eigenvalue weighted by atomic mass is 32.1. The fourth-order valence-electron chi connectivity index (χ4n) is 2.67. The molecular weight excluding hydrogens is 290 g/mol. The third-order valence-corrected chi connectivity index (χ3v) is 5.29. The lowest BCUT2D eigenvalue weighted by Crippen LogP contribution is -2.38. The summed E-state index contributed by atoms with van der Waals surface area (Å²) in [5.41, 5.74) is 1.42. The van der Waals surface area contributed by atoms with Gasteiger partial charge in [-0.15, -0.1) is 11.3 Å². The Morgan fingerprint density at radius 3 is 2.64 bits per heavy atom. The first-order valence-corrected chi connectivity index (χ1v) is 8.71. The van der Waals surface area contributed by atoms with E-state index in [4.69, 9.17) is 0 Å². The van der Waals surface area contributed by atoms with Gasteiger partial charge in [0.25, 0.3) is 0 Å². The predicted octanol–water partition coefficient (Wildman–Crippen LogP) is 3.53. The zero-order chi connectivity index (χ0) is 15.4. The van der Waals surface area contributed by atoms with Crippen LogP contribution in [0, 0.1) is 0 Å². The van der Waals surface area contributed by atoms with Crippen molar-refractivity contribution in [2.45, 2.75) is 38.3 Å². The number of hydrogen-bond acceptors (Lipinski definition) is 2. The molecule has 0 spiro atoms. The van der Waals surface area contributed by atoms with Crippen molar-refractivity contribution < 1.29 is 0 Å². The molecule has 2 N–H and O–H groups in total. The van der Waals surface area contributed by atoms with Gasteiger partial charge in [-0.05, 0) is 30.5 Å². The summed E-state index contributed by atoms with van der Waals surface area (Å²) in [7, 11) is 1.83. The van der Waals surface area contributed by atoms with E-state index in [1.807, 2.05) is 18.4 Å². The maximum atomic E-state index is 4.34. The molecule has 1 aromatic carbocycles. The molecular formula is C18H23N3S. The van der Waals surface area contributed by atoms with E-state index >= 15 is 0 Å². The third-order valence-electron chi connectivity index (χ3n) is 4.06. The Balaban J connectivity index is 1.49. The molecule has 1 fully saturated rings. The lowest BCUT2D eigenvalue weighted by molar-refractivity contribution is 0.795. The fraction of sp³-hybridized carbons (Fsp3) is 0.389. The number of hydrogen-bond donors (Lipinski definition) is 2. The third kappa shape index (κ3) is 3.69. The molecule has 1 heterocycles. The minimum absolute atomic E-state index is 0.503. The van der Waals surface area contributed by atoms with E-state index in [2.05, 4.69) is 65.0 Å². The molecule has 1 aliphatic rings. The van der Waals surface area contributed by atoms with Crippen molar-refractivity contribution in [2.75, 3.05) is 7.05 Å². The summed E-state index contributed by atoms with van der Waals surface area (Å²) >= 11 is 1.87. The Bertz CT molecular complexity index is 633. The SMILES string of the molecule is CCc1ccc(CNC(=NC)NC2CC2c2ccccc2)s1. The van der Waals surface area contributed by atoms with Gasteiger partial charge in [0.1, 0.15) is 0 Å². The van der Waals surface area contributed by atoms with E-state index in [1.165, 1.54) is 21.7 Å². The fourth-order valence-corrected chi connectivity index (χ4v) is 3.57. The van der Waals surface area contributed by atoms with Gasteiger partial charge in [-0.25, -0.2) is 0 Å². The van der Waals surface area contributed by atoms with Gasteiger partial charge >= 0.3 is 0 Å².